The van der Waals surface area contributed by atoms with E-state index < -0.39 is 0 Å². The van der Waals surface area contributed by atoms with Gasteiger partial charge in [0, 0.05) is 25.8 Å². The normalized spacial score (nSPS) is 23.6. The van der Waals surface area contributed by atoms with Crippen molar-refractivity contribution in [1.29, 1.82) is 0 Å². The van der Waals surface area contributed by atoms with Gasteiger partial charge in [0.2, 0.25) is 0 Å². The van der Waals surface area contributed by atoms with Crippen molar-refractivity contribution in [2.75, 3.05) is 30.3 Å². The van der Waals surface area contributed by atoms with Crippen LogP contribution in [0.5, 0.6) is 0 Å². The van der Waals surface area contributed by atoms with Gasteiger partial charge in [-0.1, -0.05) is 13.8 Å². The molecule has 0 bridgehead atoms. The monoisotopic (exact) mass is 250 g/mol. The van der Waals surface area contributed by atoms with E-state index in [0.717, 1.165) is 18.9 Å². The number of aromatic nitrogens is 2. The maximum atomic E-state index is 5.83. The lowest BCUT2D eigenvalue weighted by molar-refractivity contribution is 0.128. The van der Waals surface area contributed by atoms with E-state index in [1.165, 1.54) is 0 Å². The Balaban J connectivity index is 2.15. The van der Waals surface area contributed by atoms with Gasteiger partial charge in [-0.3, -0.25) is 0 Å². The largest absolute Gasteiger partial charge is 0.384 e. The van der Waals surface area contributed by atoms with Gasteiger partial charge in [0.1, 0.15) is 18.2 Å². The molecule has 2 atom stereocenters. The molecule has 1 aliphatic heterocycles. The van der Waals surface area contributed by atoms with Crippen molar-refractivity contribution in [3.8, 4) is 0 Å². The molecule has 0 aromatic carbocycles. The highest BCUT2D eigenvalue weighted by Gasteiger charge is 2.27. The van der Waals surface area contributed by atoms with Crippen LogP contribution in [0.4, 0.5) is 11.6 Å². The van der Waals surface area contributed by atoms with Crippen LogP contribution in [0.1, 0.15) is 26.6 Å². The SMILES string of the molecule is CCOCc1nc(N)cc(N2CC(C)C(C)C2)n1. The zero-order valence-electron chi connectivity index (χ0n) is 11.4. The summed E-state index contributed by atoms with van der Waals surface area (Å²) in [5.41, 5.74) is 5.83. The van der Waals surface area contributed by atoms with E-state index >= 15 is 0 Å². The molecule has 0 aliphatic carbocycles. The van der Waals surface area contributed by atoms with Crippen molar-refractivity contribution in [3.05, 3.63) is 11.9 Å². The van der Waals surface area contributed by atoms with Gasteiger partial charge in [0.25, 0.3) is 0 Å². The highest BCUT2D eigenvalue weighted by atomic mass is 16.5. The number of nitrogens with zero attached hydrogens (tertiary/aromatic N) is 3. The van der Waals surface area contributed by atoms with Crippen LogP contribution in [0, 0.1) is 11.8 Å². The number of rotatable bonds is 4. The predicted octanol–water partition coefficient (Wildman–Crippen LogP) is 1.69. The van der Waals surface area contributed by atoms with E-state index in [4.69, 9.17) is 10.5 Å². The van der Waals surface area contributed by atoms with Crippen molar-refractivity contribution in [2.24, 2.45) is 11.8 Å². The van der Waals surface area contributed by atoms with E-state index in [0.29, 0.717) is 36.7 Å². The number of nitrogen functional groups attached to an aromatic ring is 1. The van der Waals surface area contributed by atoms with Gasteiger partial charge in [0.05, 0.1) is 0 Å². The summed E-state index contributed by atoms with van der Waals surface area (Å²) in [4.78, 5) is 11.0. The molecule has 0 saturated carbocycles. The molecule has 0 spiro atoms. The van der Waals surface area contributed by atoms with Crippen LogP contribution in [0.25, 0.3) is 0 Å². The molecule has 1 aliphatic rings. The van der Waals surface area contributed by atoms with Crippen LogP contribution < -0.4 is 10.6 Å². The number of hydrogen-bond acceptors (Lipinski definition) is 5. The molecule has 1 fully saturated rings. The molecular formula is C13H22N4O. The molecule has 1 aromatic heterocycles. The van der Waals surface area contributed by atoms with E-state index in [1.54, 1.807) is 0 Å². The minimum Gasteiger partial charge on any atom is -0.384 e. The van der Waals surface area contributed by atoms with Gasteiger partial charge in [-0.05, 0) is 18.8 Å². The van der Waals surface area contributed by atoms with Crippen molar-refractivity contribution in [1.82, 2.24) is 9.97 Å². The fraction of sp³-hybridized carbons (Fsp3) is 0.692. The quantitative estimate of drug-likeness (QED) is 0.881. The molecular weight excluding hydrogens is 228 g/mol. The standard InChI is InChI=1S/C13H22N4O/c1-4-18-8-12-15-11(14)5-13(16-12)17-6-9(2)10(3)7-17/h5,9-10H,4,6-8H2,1-3H3,(H2,14,15,16). The summed E-state index contributed by atoms with van der Waals surface area (Å²) in [7, 11) is 0. The van der Waals surface area contributed by atoms with Crippen LogP contribution >= 0.6 is 0 Å². The lowest BCUT2D eigenvalue weighted by Gasteiger charge is -2.18. The lowest BCUT2D eigenvalue weighted by Crippen LogP contribution is -2.22. The fourth-order valence-electron chi connectivity index (χ4n) is 2.24. The molecule has 18 heavy (non-hydrogen) atoms. The van der Waals surface area contributed by atoms with E-state index in [-0.39, 0.29) is 0 Å². The molecule has 2 unspecified atom stereocenters. The second-order valence-electron chi connectivity index (χ2n) is 5.06. The first-order chi connectivity index (χ1) is 8.60. The van der Waals surface area contributed by atoms with Gasteiger partial charge in [0.15, 0.2) is 5.82 Å². The van der Waals surface area contributed by atoms with E-state index in [1.807, 2.05) is 13.0 Å². The molecule has 2 rings (SSSR count). The Kier molecular flexibility index (Phi) is 4.01. The highest BCUT2D eigenvalue weighted by molar-refractivity contribution is 5.47. The highest BCUT2D eigenvalue weighted by Crippen LogP contribution is 2.27. The van der Waals surface area contributed by atoms with Gasteiger partial charge in [-0.25, -0.2) is 9.97 Å². The van der Waals surface area contributed by atoms with Gasteiger partial charge >= 0.3 is 0 Å². The van der Waals surface area contributed by atoms with Crippen molar-refractivity contribution in [2.45, 2.75) is 27.4 Å². The third-order valence-corrected chi connectivity index (χ3v) is 3.53. The zero-order chi connectivity index (χ0) is 13.1. The molecule has 0 amide bonds. The second-order valence-corrected chi connectivity index (χ2v) is 5.06. The Hall–Kier alpha value is -1.36. The van der Waals surface area contributed by atoms with Crippen molar-refractivity contribution in [3.63, 3.8) is 0 Å². The van der Waals surface area contributed by atoms with Crippen LogP contribution in [0.2, 0.25) is 0 Å². The van der Waals surface area contributed by atoms with Crippen LogP contribution in [-0.2, 0) is 11.3 Å². The second kappa shape index (κ2) is 5.52. The number of anilines is 2. The predicted molar refractivity (Wildman–Crippen MR) is 72.3 cm³/mol. The Labute approximate surface area is 108 Å². The molecule has 5 heteroatoms. The number of nitrogens with two attached hydrogens (primary N) is 1. The first-order valence-electron chi connectivity index (χ1n) is 6.56. The maximum Gasteiger partial charge on any atom is 0.158 e. The first kappa shape index (κ1) is 13.1. The molecule has 1 aromatic rings. The number of hydrogen-bond donors (Lipinski definition) is 1. The molecule has 1 saturated heterocycles. The van der Waals surface area contributed by atoms with E-state index in [2.05, 4.69) is 28.7 Å². The summed E-state index contributed by atoms with van der Waals surface area (Å²) < 4.78 is 5.34. The maximum absolute atomic E-state index is 5.83. The van der Waals surface area contributed by atoms with Crippen molar-refractivity contribution < 1.29 is 4.74 Å². The Morgan fingerprint density at radius 2 is 2.00 bits per heavy atom. The van der Waals surface area contributed by atoms with E-state index in [9.17, 15) is 0 Å². The smallest absolute Gasteiger partial charge is 0.158 e. The summed E-state index contributed by atoms with van der Waals surface area (Å²) in [6.45, 7) is 9.65. The third kappa shape index (κ3) is 2.90. The lowest BCUT2D eigenvalue weighted by atomic mass is 10.0. The minimum atomic E-state index is 0.424. The fourth-order valence-corrected chi connectivity index (χ4v) is 2.24. The first-order valence-corrected chi connectivity index (χ1v) is 6.56. The molecule has 0 radical (unpaired) electrons. The minimum absolute atomic E-state index is 0.424. The zero-order valence-corrected chi connectivity index (χ0v) is 11.4. The Bertz CT molecular complexity index is 400. The van der Waals surface area contributed by atoms with Gasteiger partial charge in [-0.2, -0.15) is 0 Å². The van der Waals surface area contributed by atoms with Crippen molar-refractivity contribution >= 4 is 11.6 Å². The molecule has 2 heterocycles. The summed E-state index contributed by atoms with van der Waals surface area (Å²) in [6.07, 6.45) is 0. The summed E-state index contributed by atoms with van der Waals surface area (Å²) >= 11 is 0. The molecule has 5 nitrogen and oxygen atoms in total. The topological polar surface area (TPSA) is 64.3 Å². The van der Waals surface area contributed by atoms with Crippen LogP contribution in [0.3, 0.4) is 0 Å². The number of ether oxygens (including phenoxy) is 1. The Morgan fingerprint density at radius 3 is 2.61 bits per heavy atom. The van der Waals surface area contributed by atoms with Gasteiger partial charge < -0.3 is 15.4 Å². The van der Waals surface area contributed by atoms with Crippen LogP contribution in [-0.4, -0.2) is 29.7 Å². The molecule has 2 N–H and O–H groups in total. The summed E-state index contributed by atoms with van der Waals surface area (Å²) in [5, 5.41) is 0. The van der Waals surface area contributed by atoms with Crippen LogP contribution in [0.15, 0.2) is 6.07 Å². The average molecular weight is 250 g/mol. The average Bonchev–Trinajstić information content (AvgIpc) is 2.66. The Morgan fingerprint density at radius 1 is 1.33 bits per heavy atom. The van der Waals surface area contributed by atoms with Gasteiger partial charge in [-0.15, -0.1) is 0 Å². The third-order valence-electron chi connectivity index (χ3n) is 3.53. The molecule has 100 valence electrons. The summed E-state index contributed by atoms with van der Waals surface area (Å²) in [5.74, 6) is 3.49. The summed E-state index contributed by atoms with van der Waals surface area (Å²) in [6, 6.07) is 1.85.